The summed E-state index contributed by atoms with van der Waals surface area (Å²) < 4.78 is 0. The first kappa shape index (κ1) is 11.8. The lowest BCUT2D eigenvalue weighted by molar-refractivity contribution is -0.127. The van der Waals surface area contributed by atoms with E-state index in [-0.39, 0.29) is 11.3 Å². The Balaban J connectivity index is 2.21. The number of hydrogen-bond donors (Lipinski definition) is 1. The van der Waals surface area contributed by atoms with Crippen molar-refractivity contribution in [2.24, 2.45) is 11.3 Å². The van der Waals surface area contributed by atoms with E-state index in [0.717, 1.165) is 25.8 Å². The van der Waals surface area contributed by atoms with Crippen LogP contribution in [0.25, 0.3) is 0 Å². The second kappa shape index (κ2) is 5.01. The molecule has 0 aliphatic heterocycles. The molecular formula is C11H20ClNO. The highest BCUT2D eigenvalue weighted by Gasteiger charge is 2.26. The largest absolute Gasteiger partial charge is 0.355 e. The smallest absolute Gasteiger partial charge is 0.223 e. The van der Waals surface area contributed by atoms with Crippen molar-refractivity contribution < 1.29 is 4.79 Å². The summed E-state index contributed by atoms with van der Waals surface area (Å²) >= 11 is 5.69. The lowest BCUT2D eigenvalue weighted by Crippen LogP contribution is -2.39. The fourth-order valence-electron chi connectivity index (χ4n) is 1.49. The van der Waals surface area contributed by atoms with Crippen LogP contribution in [0.2, 0.25) is 0 Å². The topological polar surface area (TPSA) is 29.1 Å². The number of alkyl halides is 1. The standard InChI is InChI=1S/C11H20ClNO/c1-11(2,6-7-12)8-13-10(14)9-4-3-5-9/h9H,3-8H2,1-2H3,(H,13,14). The Morgan fingerprint density at radius 3 is 2.57 bits per heavy atom. The van der Waals surface area contributed by atoms with Gasteiger partial charge < -0.3 is 5.32 Å². The highest BCUT2D eigenvalue weighted by Crippen LogP contribution is 2.27. The molecule has 1 saturated carbocycles. The number of carbonyl (C=O) groups excluding carboxylic acids is 1. The van der Waals surface area contributed by atoms with Gasteiger partial charge in [0.25, 0.3) is 0 Å². The third-order valence-corrected chi connectivity index (χ3v) is 3.18. The Hall–Kier alpha value is -0.240. The van der Waals surface area contributed by atoms with Gasteiger partial charge >= 0.3 is 0 Å². The third-order valence-electron chi connectivity index (χ3n) is 2.99. The van der Waals surface area contributed by atoms with Crippen LogP contribution in [0.15, 0.2) is 0 Å². The first-order valence-electron chi connectivity index (χ1n) is 5.39. The first-order chi connectivity index (χ1) is 6.55. The van der Waals surface area contributed by atoms with E-state index in [4.69, 9.17) is 11.6 Å². The van der Waals surface area contributed by atoms with Gasteiger partial charge in [-0.15, -0.1) is 11.6 Å². The Morgan fingerprint density at radius 2 is 2.14 bits per heavy atom. The Kier molecular flexibility index (Phi) is 4.24. The molecule has 1 rings (SSSR count). The molecule has 82 valence electrons. The van der Waals surface area contributed by atoms with E-state index < -0.39 is 0 Å². The molecule has 0 bridgehead atoms. The van der Waals surface area contributed by atoms with Crippen LogP contribution < -0.4 is 5.32 Å². The molecule has 14 heavy (non-hydrogen) atoms. The molecule has 0 aromatic carbocycles. The molecule has 0 aromatic rings. The SMILES string of the molecule is CC(C)(CCCl)CNC(=O)C1CCC1. The quantitative estimate of drug-likeness (QED) is 0.705. The summed E-state index contributed by atoms with van der Waals surface area (Å²) in [6.07, 6.45) is 4.30. The van der Waals surface area contributed by atoms with Crippen molar-refractivity contribution in [2.75, 3.05) is 12.4 Å². The van der Waals surface area contributed by atoms with E-state index in [1.165, 1.54) is 6.42 Å². The van der Waals surface area contributed by atoms with Crippen LogP contribution in [0.3, 0.4) is 0 Å². The summed E-state index contributed by atoms with van der Waals surface area (Å²) in [4.78, 5) is 11.5. The van der Waals surface area contributed by atoms with Gasteiger partial charge in [-0.25, -0.2) is 0 Å². The van der Waals surface area contributed by atoms with E-state index in [1.807, 2.05) is 0 Å². The number of halogens is 1. The second-order valence-electron chi connectivity index (χ2n) is 4.95. The highest BCUT2D eigenvalue weighted by atomic mass is 35.5. The summed E-state index contributed by atoms with van der Waals surface area (Å²) in [6, 6.07) is 0. The molecule has 0 unspecified atom stereocenters. The molecular weight excluding hydrogens is 198 g/mol. The summed E-state index contributed by atoms with van der Waals surface area (Å²) in [6.45, 7) is 5.02. The molecule has 2 nitrogen and oxygen atoms in total. The summed E-state index contributed by atoms with van der Waals surface area (Å²) in [5.74, 6) is 1.19. The lowest BCUT2D eigenvalue weighted by atomic mass is 9.84. The van der Waals surface area contributed by atoms with Crippen molar-refractivity contribution in [3.8, 4) is 0 Å². The zero-order valence-corrected chi connectivity index (χ0v) is 9.86. The molecule has 0 heterocycles. The van der Waals surface area contributed by atoms with Crippen LogP contribution in [-0.4, -0.2) is 18.3 Å². The number of hydrogen-bond acceptors (Lipinski definition) is 1. The molecule has 1 aliphatic carbocycles. The van der Waals surface area contributed by atoms with E-state index in [2.05, 4.69) is 19.2 Å². The van der Waals surface area contributed by atoms with Crippen molar-refractivity contribution in [1.82, 2.24) is 5.32 Å². The molecule has 0 aromatic heterocycles. The normalized spacial score (nSPS) is 17.6. The second-order valence-corrected chi connectivity index (χ2v) is 5.33. The Labute approximate surface area is 91.4 Å². The van der Waals surface area contributed by atoms with Crippen LogP contribution in [0.4, 0.5) is 0 Å². The Bertz CT molecular complexity index is 199. The number of carbonyl (C=O) groups is 1. The fourth-order valence-corrected chi connectivity index (χ4v) is 2.00. The molecule has 1 fully saturated rings. The Morgan fingerprint density at radius 1 is 1.50 bits per heavy atom. The van der Waals surface area contributed by atoms with Crippen LogP contribution in [0.1, 0.15) is 39.5 Å². The van der Waals surface area contributed by atoms with Crippen LogP contribution in [-0.2, 0) is 4.79 Å². The average molecular weight is 218 g/mol. The number of nitrogens with one attached hydrogen (secondary N) is 1. The number of amides is 1. The van der Waals surface area contributed by atoms with Crippen molar-refractivity contribution >= 4 is 17.5 Å². The summed E-state index contributed by atoms with van der Waals surface area (Å²) in [5, 5.41) is 3.01. The van der Waals surface area contributed by atoms with Gasteiger partial charge in [-0.3, -0.25) is 4.79 Å². The van der Waals surface area contributed by atoms with Gasteiger partial charge in [0.05, 0.1) is 0 Å². The molecule has 0 spiro atoms. The molecule has 1 N–H and O–H groups in total. The molecule has 1 amide bonds. The van der Waals surface area contributed by atoms with Gasteiger partial charge in [-0.1, -0.05) is 20.3 Å². The average Bonchev–Trinajstić information content (AvgIpc) is 1.98. The monoisotopic (exact) mass is 217 g/mol. The predicted octanol–water partition coefficient (Wildman–Crippen LogP) is 2.56. The summed E-state index contributed by atoms with van der Waals surface area (Å²) in [7, 11) is 0. The minimum absolute atomic E-state index is 0.126. The molecule has 0 saturated heterocycles. The zero-order valence-electron chi connectivity index (χ0n) is 9.11. The van der Waals surface area contributed by atoms with Crippen molar-refractivity contribution in [2.45, 2.75) is 39.5 Å². The van der Waals surface area contributed by atoms with E-state index in [1.54, 1.807) is 0 Å². The van der Waals surface area contributed by atoms with Crippen molar-refractivity contribution in [3.05, 3.63) is 0 Å². The van der Waals surface area contributed by atoms with Gasteiger partial charge in [0, 0.05) is 18.3 Å². The maximum absolute atomic E-state index is 11.5. The molecule has 0 radical (unpaired) electrons. The molecule has 0 atom stereocenters. The van der Waals surface area contributed by atoms with Crippen molar-refractivity contribution in [1.29, 1.82) is 0 Å². The van der Waals surface area contributed by atoms with Gasteiger partial charge in [0.2, 0.25) is 5.91 Å². The van der Waals surface area contributed by atoms with Gasteiger partial charge in [-0.05, 0) is 24.7 Å². The highest BCUT2D eigenvalue weighted by molar-refractivity contribution is 6.17. The van der Waals surface area contributed by atoms with Crippen LogP contribution in [0.5, 0.6) is 0 Å². The summed E-state index contributed by atoms with van der Waals surface area (Å²) in [5.41, 5.74) is 0.126. The van der Waals surface area contributed by atoms with E-state index >= 15 is 0 Å². The molecule has 1 aliphatic rings. The predicted molar refractivity (Wildman–Crippen MR) is 59.5 cm³/mol. The number of rotatable bonds is 5. The maximum Gasteiger partial charge on any atom is 0.223 e. The maximum atomic E-state index is 11.5. The van der Waals surface area contributed by atoms with Crippen LogP contribution >= 0.6 is 11.6 Å². The van der Waals surface area contributed by atoms with Crippen molar-refractivity contribution in [3.63, 3.8) is 0 Å². The van der Waals surface area contributed by atoms with Gasteiger partial charge in [0.1, 0.15) is 0 Å². The minimum Gasteiger partial charge on any atom is -0.355 e. The minimum atomic E-state index is 0.126. The van der Waals surface area contributed by atoms with E-state index in [0.29, 0.717) is 11.8 Å². The van der Waals surface area contributed by atoms with E-state index in [9.17, 15) is 4.79 Å². The van der Waals surface area contributed by atoms with Gasteiger partial charge in [-0.2, -0.15) is 0 Å². The first-order valence-corrected chi connectivity index (χ1v) is 5.92. The fraction of sp³-hybridized carbons (Fsp3) is 0.909. The van der Waals surface area contributed by atoms with Gasteiger partial charge in [0.15, 0.2) is 0 Å². The zero-order chi connectivity index (χ0) is 10.6. The molecule has 3 heteroatoms. The third kappa shape index (κ3) is 3.49. The lowest BCUT2D eigenvalue weighted by Gasteiger charge is -2.28. The van der Waals surface area contributed by atoms with Crippen LogP contribution in [0, 0.1) is 11.3 Å².